The van der Waals surface area contributed by atoms with E-state index in [2.05, 4.69) is 5.32 Å². The van der Waals surface area contributed by atoms with Gasteiger partial charge in [-0.2, -0.15) is 0 Å². The lowest BCUT2D eigenvalue weighted by Crippen LogP contribution is -2.27. The number of benzene rings is 1. The Morgan fingerprint density at radius 2 is 2.28 bits per heavy atom. The third-order valence-corrected chi connectivity index (χ3v) is 3.10. The Kier molecular flexibility index (Phi) is 4.04. The molecule has 0 saturated carbocycles. The van der Waals surface area contributed by atoms with E-state index in [1.54, 1.807) is 18.2 Å². The third kappa shape index (κ3) is 3.13. The van der Waals surface area contributed by atoms with E-state index in [0.717, 1.165) is 25.9 Å². The molecule has 1 heterocycles. The fraction of sp³-hybridized carbons (Fsp3) is 0.462. The van der Waals surface area contributed by atoms with Gasteiger partial charge in [0.2, 0.25) is 0 Å². The summed E-state index contributed by atoms with van der Waals surface area (Å²) in [5.41, 5.74) is 12.8. The topological polar surface area (TPSA) is 90.4 Å². The average molecular weight is 249 g/mol. The number of anilines is 2. The van der Waals surface area contributed by atoms with Crippen LogP contribution in [0.4, 0.5) is 11.4 Å². The van der Waals surface area contributed by atoms with Gasteiger partial charge < -0.3 is 21.5 Å². The number of hydrogen-bond donors (Lipinski definition) is 3. The summed E-state index contributed by atoms with van der Waals surface area (Å²) in [6.45, 7) is 1.44. The van der Waals surface area contributed by atoms with Crippen molar-refractivity contribution in [3.8, 4) is 0 Å². The molecule has 5 N–H and O–H groups in total. The molecule has 1 fully saturated rings. The molecule has 1 unspecified atom stereocenters. The van der Waals surface area contributed by atoms with Crippen LogP contribution in [0, 0.1) is 0 Å². The maximum absolute atomic E-state index is 11.9. The van der Waals surface area contributed by atoms with Crippen molar-refractivity contribution in [2.24, 2.45) is 0 Å². The Morgan fingerprint density at radius 1 is 1.44 bits per heavy atom. The molecule has 1 aromatic carbocycles. The predicted octanol–water partition coefficient (Wildman–Crippen LogP) is 1.15. The number of nitrogen functional groups attached to an aromatic ring is 2. The summed E-state index contributed by atoms with van der Waals surface area (Å²) in [7, 11) is 0. The van der Waals surface area contributed by atoms with Crippen molar-refractivity contribution < 1.29 is 9.53 Å². The molecule has 5 heteroatoms. The van der Waals surface area contributed by atoms with Gasteiger partial charge in [0.25, 0.3) is 5.91 Å². The second-order valence-electron chi connectivity index (χ2n) is 4.53. The maximum Gasteiger partial charge on any atom is 0.253 e. The molecule has 0 aromatic heterocycles. The summed E-state index contributed by atoms with van der Waals surface area (Å²) >= 11 is 0. The minimum absolute atomic E-state index is 0.162. The summed E-state index contributed by atoms with van der Waals surface area (Å²) in [6.07, 6.45) is 3.33. The lowest BCUT2D eigenvalue weighted by Gasteiger charge is -2.11. The highest BCUT2D eigenvalue weighted by Gasteiger charge is 2.16. The molecular weight excluding hydrogens is 230 g/mol. The number of carbonyl (C=O) groups excluding carboxylic acids is 1. The Morgan fingerprint density at radius 3 is 2.94 bits per heavy atom. The number of hydrogen-bond acceptors (Lipinski definition) is 4. The quantitative estimate of drug-likeness (QED) is 0.698. The standard InChI is InChI=1S/C13H19N3O2/c14-9-3-4-11(12(15)8-9)13(17)16-6-5-10-2-1-7-18-10/h3-4,8,10H,1-2,5-7,14-15H2,(H,16,17). The highest BCUT2D eigenvalue weighted by Crippen LogP contribution is 2.16. The fourth-order valence-electron chi connectivity index (χ4n) is 2.10. The smallest absolute Gasteiger partial charge is 0.253 e. The molecule has 1 amide bonds. The van der Waals surface area contributed by atoms with E-state index in [4.69, 9.17) is 16.2 Å². The first-order valence-corrected chi connectivity index (χ1v) is 6.21. The SMILES string of the molecule is Nc1ccc(C(=O)NCCC2CCCO2)c(N)c1. The van der Waals surface area contributed by atoms with Gasteiger partial charge in [-0.1, -0.05) is 0 Å². The number of amides is 1. The fourth-order valence-corrected chi connectivity index (χ4v) is 2.10. The second kappa shape index (κ2) is 5.73. The highest BCUT2D eigenvalue weighted by molar-refractivity contribution is 5.99. The van der Waals surface area contributed by atoms with Crippen molar-refractivity contribution in [2.45, 2.75) is 25.4 Å². The van der Waals surface area contributed by atoms with Gasteiger partial charge in [-0.3, -0.25) is 4.79 Å². The van der Waals surface area contributed by atoms with Gasteiger partial charge in [-0.15, -0.1) is 0 Å². The Labute approximate surface area is 106 Å². The predicted molar refractivity (Wildman–Crippen MR) is 71.2 cm³/mol. The monoisotopic (exact) mass is 249 g/mol. The van der Waals surface area contributed by atoms with Gasteiger partial charge in [-0.25, -0.2) is 0 Å². The van der Waals surface area contributed by atoms with Crippen molar-refractivity contribution >= 4 is 17.3 Å². The summed E-state index contributed by atoms with van der Waals surface area (Å²) < 4.78 is 5.49. The zero-order valence-electron chi connectivity index (χ0n) is 10.3. The lowest BCUT2D eigenvalue weighted by atomic mass is 10.1. The summed E-state index contributed by atoms with van der Waals surface area (Å²) in [6, 6.07) is 4.91. The van der Waals surface area contributed by atoms with Crippen molar-refractivity contribution in [3.05, 3.63) is 23.8 Å². The van der Waals surface area contributed by atoms with Crippen LogP contribution in [-0.2, 0) is 4.74 Å². The summed E-state index contributed by atoms with van der Waals surface area (Å²) in [5, 5.41) is 2.85. The molecule has 0 spiro atoms. The van der Waals surface area contributed by atoms with E-state index in [1.807, 2.05) is 0 Å². The van der Waals surface area contributed by atoms with Gasteiger partial charge in [-0.05, 0) is 37.5 Å². The molecule has 1 saturated heterocycles. The molecule has 98 valence electrons. The van der Waals surface area contributed by atoms with Crippen LogP contribution in [0.2, 0.25) is 0 Å². The van der Waals surface area contributed by atoms with Crippen molar-refractivity contribution in [1.82, 2.24) is 5.32 Å². The molecule has 0 aliphatic carbocycles. The minimum atomic E-state index is -0.162. The first-order valence-electron chi connectivity index (χ1n) is 6.21. The molecular formula is C13H19N3O2. The van der Waals surface area contributed by atoms with Crippen molar-refractivity contribution in [3.63, 3.8) is 0 Å². The van der Waals surface area contributed by atoms with E-state index in [1.165, 1.54) is 0 Å². The largest absolute Gasteiger partial charge is 0.399 e. The Bertz CT molecular complexity index is 428. The van der Waals surface area contributed by atoms with E-state index < -0.39 is 0 Å². The summed E-state index contributed by atoms with van der Waals surface area (Å²) in [5.74, 6) is -0.162. The number of ether oxygens (including phenoxy) is 1. The van der Waals surface area contributed by atoms with Crippen LogP contribution in [0.5, 0.6) is 0 Å². The molecule has 1 aliphatic rings. The van der Waals surface area contributed by atoms with Crippen LogP contribution in [0.1, 0.15) is 29.6 Å². The zero-order chi connectivity index (χ0) is 13.0. The average Bonchev–Trinajstić information content (AvgIpc) is 2.81. The maximum atomic E-state index is 11.9. The van der Waals surface area contributed by atoms with E-state index >= 15 is 0 Å². The van der Waals surface area contributed by atoms with Crippen molar-refractivity contribution in [1.29, 1.82) is 0 Å². The normalized spacial score (nSPS) is 18.8. The Balaban J connectivity index is 1.83. The van der Waals surface area contributed by atoms with E-state index in [-0.39, 0.29) is 12.0 Å². The molecule has 1 aliphatic heterocycles. The van der Waals surface area contributed by atoms with Gasteiger partial charge >= 0.3 is 0 Å². The minimum Gasteiger partial charge on any atom is -0.399 e. The lowest BCUT2D eigenvalue weighted by molar-refractivity contribution is 0.0908. The van der Waals surface area contributed by atoms with Crippen LogP contribution in [0.15, 0.2) is 18.2 Å². The molecule has 5 nitrogen and oxygen atoms in total. The van der Waals surface area contributed by atoms with Gasteiger partial charge in [0, 0.05) is 24.5 Å². The molecule has 18 heavy (non-hydrogen) atoms. The van der Waals surface area contributed by atoms with Crippen LogP contribution in [0.25, 0.3) is 0 Å². The third-order valence-electron chi connectivity index (χ3n) is 3.10. The van der Waals surface area contributed by atoms with Crippen LogP contribution in [-0.4, -0.2) is 25.2 Å². The molecule has 0 radical (unpaired) electrons. The first-order chi connectivity index (χ1) is 8.66. The molecule has 0 bridgehead atoms. The number of nitrogens with one attached hydrogen (secondary N) is 1. The highest BCUT2D eigenvalue weighted by atomic mass is 16.5. The summed E-state index contributed by atoms with van der Waals surface area (Å²) in [4.78, 5) is 11.9. The number of nitrogens with two attached hydrogens (primary N) is 2. The van der Waals surface area contributed by atoms with E-state index in [0.29, 0.717) is 23.5 Å². The molecule has 1 atom stereocenters. The number of rotatable bonds is 4. The van der Waals surface area contributed by atoms with Crippen LogP contribution < -0.4 is 16.8 Å². The van der Waals surface area contributed by atoms with Gasteiger partial charge in [0.1, 0.15) is 0 Å². The van der Waals surface area contributed by atoms with Crippen molar-refractivity contribution in [2.75, 3.05) is 24.6 Å². The second-order valence-corrected chi connectivity index (χ2v) is 4.53. The number of carbonyl (C=O) groups is 1. The van der Waals surface area contributed by atoms with Crippen LogP contribution in [0.3, 0.4) is 0 Å². The van der Waals surface area contributed by atoms with Gasteiger partial charge in [0.05, 0.1) is 11.7 Å². The van der Waals surface area contributed by atoms with Gasteiger partial charge in [0.15, 0.2) is 0 Å². The molecule has 1 aromatic rings. The zero-order valence-corrected chi connectivity index (χ0v) is 10.3. The van der Waals surface area contributed by atoms with Crippen LogP contribution >= 0.6 is 0 Å². The Hall–Kier alpha value is -1.75. The molecule has 2 rings (SSSR count). The first kappa shape index (κ1) is 12.7. The van der Waals surface area contributed by atoms with E-state index in [9.17, 15) is 4.79 Å².